The Hall–Kier alpha value is -2.76. The summed E-state index contributed by atoms with van der Waals surface area (Å²) < 4.78 is 11.9. The lowest BCUT2D eigenvalue weighted by molar-refractivity contribution is 0.0944. The fourth-order valence-electron chi connectivity index (χ4n) is 2.10. The summed E-state index contributed by atoms with van der Waals surface area (Å²) in [5, 5.41) is 2.80. The van der Waals surface area contributed by atoms with Gasteiger partial charge < -0.3 is 19.4 Å². The summed E-state index contributed by atoms with van der Waals surface area (Å²) in [7, 11) is 4.66. The number of amides is 1. The average Bonchev–Trinajstić information content (AvgIpc) is 2.54. The number of nitrogens with one attached hydrogen (secondary N) is 1. The van der Waals surface area contributed by atoms with E-state index in [4.69, 9.17) is 9.47 Å². The summed E-state index contributed by atoms with van der Waals surface area (Å²) in [6.07, 6.45) is 1.68. The number of rotatable bonds is 5. The lowest BCUT2D eigenvalue weighted by atomic mass is 10.1. The Kier molecular flexibility index (Phi) is 4.83. The maximum atomic E-state index is 12.4. The molecule has 2 rings (SSSR count). The minimum absolute atomic E-state index is 0.0959. The molecule has 0 atom stereocenters. The lowest BCUT2D eigenvalue weighted by Crippen LogP contribution is -2.25. The van der Waals surface area contributed by atoms with Crippen molar-refractivity contribution in [2.75, 3.05) is 14.2 Å². The molecule has 1 N–H and O–H groups in total. The van der Waals surface area contributed by atoms with Gasteiger partial charge in [0.1, 0.15) is 17.1 Å². The Morgan fingerprint density at radius 1 is 1.14 bits per heavy atom. The Morgan fingerprint density at radius 2 is 1.77 bits per heavy atom. The van der Waals surface area contributed by atoms with Crippen LogP contribution in [0.2, 0.25) is 0 Å². The predicted molar refractivity (Wildman–Crippen MR) is 82.4 cm³/mol. The zero-order chi connectivity index (χ0) is 16.1. The summed E-state index contributed by atoms with van der Waals surface area (Å²) >= 11 is 0. The van der Waals surface area contributed by atoms with Gasteiger partial charge in [-0.15, -0.1) is 0 Å². The molecule has 6 nitrogen and oxygen atoms in total. The topological polar surface area (TPSA) is 69.6 Å². The van der Waals surface area contributed by atoms with Crippen LogP contribution in [0.5, 0.6) is 11.5 Å². The summed E-state index contributed by atoms with van der Waals surface area (Å²) in [5.74, 6) is 0.581. The second-order valence-electron chi connectivity index (χ2n) is 4.71. The predicted octanol–water partition coefficient (Wildman–Crippen LogP) is 1.33. The molecule has 1 aromatic carbocycles. The number of aromatic nitrogens is 1. The van der Waals surface area contributed by atoms with Gasteiger partial charge >= 0.3 is 0 Å². The fourth-order valence-corrected chi connectivity index (χ4v) is 2.10. The molecule has 2 aromatic rings. The van der Waals surface area contributed by atoms with Crippen LogP contribution in [0.3, 0.4) is 0 Å². The van der Waals surface area contributed by atoms with Crippen LogP contribution in [0.15, 0.2) is 41.3 Å². The first-order valence-corrected chi connectivity index (χ1v) is 6.71. The third-order valence-electron chi connectivity index (χ3n) is 3.26. The van der Waals surface area contributed by atoms with E-state index in [2.05, 4.69) is 5.32 Å². The van der Waals surface area contributed by atoms with Gasteiger partial charge in [0, 0.05) is 25.9 Å². The van der Waals surface area contributed by atoms with Crippen LogP contribution in [0.25, 0.3) is 0 Å². The number of carbonyl (C=O) groups is 1. The van der Waals surface area contributed by atoms with E-state index in [1.807, 2.05) is 0 Å². The van der Waals surface area contributed by atoms with Crippen LogP contribution < -0.4 is 20.3 Å². The van der Waals surface area contributed by atoms with E-state index in [-0.39, 0.29) is 11.5 Å². The molecule has 0 spiro atoms. The second-order valence-corrected chi connectivity index (χ2v) is 4.71. The number of aryl methyl sites for hydroxylation is 1. The molecule has 0 aliphatic carbocycles. The van der Waals surface area contributed by atoms with Crippen molar-refractivity contribution in [3.63, 3.8) is 0 Å². The van der Waals surface area contributed by atoms with Crippen molar-refractivity contribution in [2.45, 2.75) is 6.54 Å². The Bertz CT molecular complexity index is 715. The summed E-state index contributed by atoms with van der Waals surface area (Å²) in [4.78, 5) is 23.7. The zero-order valence-corrected chi connectivity index (χ0v) is 12.8. The highest BCUT2D eigenvalue weighted by Gasteiger charge is 2.17. The molecule has 0 radical (unpaired) electrons. The van der Waals surface area contributed by atoms with Gasteiger partial charge in [-0.2, -0.15) is 0 Å². The molecule has 0 aliphatic heterocycles. The van der Waals surface area contributed by atoms with Crippen LogP contribution >= 0.6 is 0 Å². The average molecular weight is 302 g/mol. The first-order chi connectivity index (χ1) is 10.6. The van der Waals surface area contributed by atoms with Gasteiger partial charge in [-0.25, -0.2) is 0 Å². The SMILES string of the molecule is COc1cccc(OC)c1C(=O)NCc1ccc(=O)n(C)c1. The van der Waals surface area contributed by atoms with Crippen molar-refractivity contribution in [3.8, 4) is 11.5 Å². The van der Waals surface area contributed by atoms with Gasteiger partial charge in [0.25, 0.3) is 5.91 Å². The highest BCUT2D eigenvalue weighted by molar-refractivity contribution is 5.99. The number of nitrogens with zero attached hydrogens (tertiary/aromatic N) is 1. The molecule has 0 saturated heterocycles. The standard InChI is InChI=1S/C16H18N2O4/c1-18-10-11(7-8-14(18)19)9-17-16(20)15-12(21-2)5-4-6-13(15)22-3/h4-8,10H,9H2,1-3H3,(H,17,20). The van der Waals surface area contributed by atoms with E-state index >= 15 is 0 Å². The zero-order valence-electron chi connectivity index (χ0n) is 12.8. The Morgan fingerprint density at radius 3 is 2.32 bits per heavy atom. The van der Waals surface area contributed by atoms with Gasteiger partial charge in [-0.1, -0.05) is 12.1 Å². The van der Waals surface area contributed by atoms with Crippen LogP contribution in [0.1, 0.15) is 15.9 Å². The van der Waals surface area contributed by atoms with Crippen molar-refractivity contribution in [2.24, 2.45) is 7.05 Å². The van der Waals surface area contributed by atoms with E-state index < -0.39 is 0 Å². The molecule has 1 heterocycles. The lowest BCUT2D eigenvalue weighted by Gasteiger charge is -2.13. The summed E-state index contributed by atoms with van der Waals surface area (Å²) in [6, 6.07) is 8.29. The molecule has 0 saturated carbocycles. The third kappa shape index (κ3) is 3.28. The van der Waals surface area contributed by atoms with Crippen molar-refractivity contribution in [1.82, 2.24) is 9.88 Å². The molecular weight excluding hydrogens is 284 g/mol. The van der Waals surface area contributed by atoms with E-state index in [1.165, 1.54) is 24.9 Å². The first kappa shape index (κ1) is 15.6. The molecule has 0 unspecified atom stereocenters. The van der Waals surface area contributed by atoms with Gasteiger partial charge in [0.15, 0.2) is 0 Å². The fraction of sp³-hybridized carbons (Fsp3) is 0.250. The van der Waals surface area contributed by atoms with Gasteiger partial charge in [-0.3, -0.25) is 9.59 Å². The number of methoxy groups -OCH3 is 2. The highest BCUT2D eigenvalue weighted by Crippen LogP contribution is 2.27. The second kappa shape index (κ2) is 6.80. The Balaban J connectivity index is 2.19. The number of carbonyl (C=O) groups excluding carboxylic acids is 1. The monoisotopic (exact) mass is 302 g/mol. The third-order valence-corrected chi connectivity index (χ3v) is 3.26. The Labute approximate surface area is 128 Å². The van der Waals surface area contributed by atoms with Crippen LogP contribution in [-0.2, 0) is 13.6 Å². The molecule has 0 fully saturated rings. The number of hydrogen-bond donors (Lipinski definition) is 1. The number of ether oxygens (including phenoxy) is 2. The molecule has 0 bridgehead atoms. The molecular formula is C16H18N2O4. The minimum atomic E-state index is -0.303. The smallest absolute Gasteiger partial charge is 0.259 e. The maximum Gasteiger partial charge on any atom is 0.259 e. The molecule has 6 heteroatoms. The quantitative estimate of drug-likeness (QED) is 0.904. The van der Waals surface area contributed by atoms with Crippen LogP contribution in [0.4, 0.5) is 0 Å². The number of pyridine rings is 1. The molecule has 1 aromatic heterocycles. The van der Waals surface area contributed by atoms with Gasteiger partial charge in [-0.05, 0) is 17.7 Å². The molecule has 22 heavy (non-hydrogen) atoms. The van der Waals surface area contributed by atoms with Crippen molar-refractivity contribution in [1.29, 1.82) is 0 Å². The van der Waals surface area contributed by atoms with Crippen LogP contribution in [-0.4, -0.2) is 24.7 Å². The van der Waals surface area contributed by atoms with E-state index in [0.29, 0.717) is 23.6 Å². The molecule has 116 valence electrons. The maximum absolute atomic E-state index is 12.4. The van der Waals surface area contributed by atoms with Crippen molar-refractivity contribution >= 4 is 5.91 Å². The van der Waals surface area contributed by atoms with Crippen molar-refractivity contribution < 1.29 is 14.3 Å². The molecule has 1 amide bonds. The van der Waals surface area contributed by atoms with Crippen LogP contribution in [0, 0.1) is 0 Å². The first-order valence-electron chi connectivity index (χ1n) is 6.71. The normalized spacial score (nSPS) is 10.1. The molecule has 0 aliphatic rings. The van der Waals surface area contributed by atoms with E-state index in [1.54, 1.807) is 37.5 Å². The number of benzene rings is 1. The van der Waals surface area contributed by atoms with Gasteiger partial charge in [0.2, 0.25) is 5.56 Å². The minimum Gasteiger partial charge on any atom is -0.496 e. The largest absolute Gasteiger partial charge is 0.496 e. The summed E-state index contributed by atoms with van der Waals surface area (Å²) in [6.45, 7) is 0.300. The summed E-state index contributed by atoms with van der Waals surface area (Å²) in [5.41, 5.74) is 1.07. The highest BCUT2D eigenvalue weighted by atomic mass is 16.5. The van der Waals surface area contributed by atoms with E-state index in [9.17, 15) is 9.59 Å². The number of hydrogen-bond acceptors (Lipinski definition) is 4. The van der Waals surface area contributed by atoms with Gasteiger partial charge in [0.05, 0.1) is 14.2 Å². The van der Waals surface area contributed by atoms with E-state index in [0.717, 1.165) is 5.56 Å². The van der Waals surface area contributed by atoms with Crippen molar-refractivity contribution in [3.05, 3.63) is 58.0 Å².